The Morgan fingerprint density at radius 3 is 2.52 bits per heavy atom. The van der Waals surface area contributed by atoms with Gasteiger partial charge in [-0.3, -0.25) is 14.7 Å². The number of fused-ring (bicyclic) bond motifs is 1. The number of pyridine rings is 1. The van der Waals surface area contributed by atoms with E-state index in [4.69, 9.17) is 9.47 Å². The average molecular weight is 339 g/mol. The fourth-order valence-electron chi connectivity index (χ4n) is 3.22. The Labute approximate surface area is 147 Å². The molecule has 130 valence electrons. The van der Waals surface area contributed by atoms with Crippen LogP contribution in [0.5, 0.6) is 11.5 Å². The number of ether oxygens (including phenoxy) is 2. The summed E-state index contributed by atoms with van der Waals surface area (Å²) in [6.07, 6.45) is 3.07. The SMILES string of the molecule is O=C(C1COc2ccccc2O1)N1CCN(Cc2ccncc2)CC1. The summed E-state index contributed by atoms with van der Waals surface area (Å²) in [6.45, 7) is 4.31. The summed E-state index contributed by atoms with van der Waals surface area (Å²) in [7, 11) is 0. The largest absolute Gasteiger partial charge is 0.485 e. The number of amides is 1. The number of carbonyl (C=O) groups is 1. The zero-order chi connectivity index (χ0) is 17.1. The van der Waals surface area contributed by atoms with Crippen LogP contribution in [0.4, 0.5) is 0 Å². The number of benzene rings is 1. The van der Waals surface area contributed by atoms with Crippen LogP contribution in [0, 0.1) is 0 Å². The number of para-hydroxylation sites is 2. The Bertz CT molecular complexity index is 730. The van der Waals surface area contributed by atoms with Gasteiger partial charge in [-0.15, -0.1) is 0 Å². The quantitative estimate of drug-likeness (QED) is 0.850. The van der Waals surface area contributed by atoms with Crippen LogP contribution < -0.4 is 9.47 Å². The lowest BCUT2D eigenvalue weighted by Gasteiger charge is -2.37. The summed E-state index contributed by atoms with van der Waals surface area (Å²) in [6, 6.07) is 11.5. The molecule has 25 heavy (non-hydrogen) atoms. The fraction of sp³-hybridized carbons (Fsp3) is 0.368. The standard InChI is InChI=1S/C19H21N3O3/c23-19(18-14-24-16-3-1-2-4-17(16)25-18)22-11-9-21(10-12-22)13-15-5-7-20-8-6-15/h1-8,18H,9-14H2. The van der Waals surface area contributed by atoms with Gasteiger partial charge in [-0.2, -0.15) is 0 Å². The van der Waals surface area contributed by atoms with E-state index >= 15 is 0 Å². The van der Waals surface area contributed by atoms with E-state index in [-0.39, 0.29) is 12.5 Å². The molecule has 1 atom stereocenters. The van der Waals surface area contributed by atoms with Crippen LogP contribution >= 0.6 is 0 Å². The number of nitrogens with zero attached hydrogens (tertiary/aromatic N) is 3. The van der Waals surface area contributed by atoms with Crippen LogP contribution in [0.25, 0.3) is 0 Å². The molecule has 0 bridgehead atoms. The van der Waals surface area contributed by atoms with Gasteiger partial charge in [0.15, 0.2) is 11.5 Å². The van der Waals surface area contributed by atoms with Crippen LogP contribution in [0.15, 0.2) is 48.8 Å². The van der Waals surface area contributed by atoms with Crippen LogP contribution in [0.3, 0.4) is 0 Å². The van der Waals surface area contributed by atoms with Gasteiger partial charge in [-0.1, -0.05) is 12.1 Å². The van der Waals surface area contributed by atoms with Crippen LogP contribution in [-0.2, 0) is 11.3 Å². The second-order valence-corrected chi connectivity index (χ2v) is 6.32. The van der Waals surface area contributed by atoms with Crippen molar-refractivity contribution in [1.82, 2.24) is 14.8 Å². The molecule has 3 heterocycles. The number of hydrogen-bond acceptors (Lipinski definition) is 5. The van der Waals surface area contributed by atoms with Gasteiger partial charge >= 0.3 is 0 Å². The highest BCUT2D eigenvalue weighted by Crippen LogP contribution is 2.31. The predicted molar refractivity (Wildman–Crippen MR) is 92.4 cm³/mol. The van der Waals surface area contributed by atoms with Gasteiger partial charge in [0.25, 0.3) is 5.91 Å². The molecule has 1 saturated heterocycles. The van der Waals surface area contributed by atoms with Crippen molar-refractivity contribution in [2.45, 2.75) is 12.6 Å². The Kier molecular flexibility index (Phi) is 4.52. The molecule has 1 unspecified atom stereocenters. The highest BCUT2D eigenvalue weighted by Gasteiger charge is 2.32. The summed E-state index contributed by atoms with van der Waals surface area (Å²) < 4.78 is 11.5. The number of carbonyl (C=O) groups excluding carboxylic acids is 1. The lowest BCUT2D eigenvalue weighted by Crippen LogP contribution is -2.53. The maximum atomic E-state index is 12.7. The van der Waals surface area contributed by atoms with Crippen molar-refractivity contribution < 1.29 is 14.3 Å². The van der Waals surface area contributed by atoms with Crippen molar-refractivity contribution in [3.8, 4) is 11.5 Å². The first-order valence-electron chi connectivity index (χ1n) is 8.58. The molecule has 2 aliphatic rings. The molecule has 4 rings (SSSR count). The summed E-state index contributed by atoms with van der Waals surface area (Å²) in [5.41, 5.74) is 1.25. The molecule has 1 amide bonds. The van der Waals surface area contributed by atoms with Crippen molar-refractivity contribution in [2.24, 2.45) is 0 Å². The molecular weight excluding hydrogens is 318 g/mol. The molecular formula is C19H21N3O3. The lowest BCUT2D eigenvalue weighted by atomic mass is 10.2. The van der Waals surface area contributed by atoms with Gasteiger partial charge in [0.2, 0.25) is 6.10 Å². The van der Waals surface area contributed by atoms with Crippen LogP contribution in [0.2, 0.25) is 0 Å². The van der Waals surface area contributed by atoms with E-state index in [1.54, 1.807) is 0 Å². The van der Waals surface area contributed by atoms with Gasteiger partial charge in [-0.25, -0.2) is 0 Å². The minimum absolute atomic E-state index is 0.0121. The van der Waals surface area contributed by atoms with E-state index in [9.17, 15) is 4.79 Å². The monoisotopic (exact) mass is 339 g/mol. The van der Waals surface area contributed by atoms with Crippen molar-refractivity contribution in [3.05, 3.63) is 54.4 Å². The van der Waals surface area contributed by atoms with Crippen molar-refractivity contribution in [3.63, 3.8) is 0 Å². The Morgan fingerprint density at radius 2 is 1.76 bits per heavy atom. The number of aromatic nitrogens is 1. The molecule has 1 aromatic carbocycles. The van der Waals surface area contributed by atoms with E-state index in [0.29, 0.717) is 24.6 Å². The summed E-state index contributed by atoms with van der Waals surface area (Å²) in [5.74, 6) is 1.36. The van der Waals surface area contributed by atoms with Gasteiger partial charge < -0.3 is 14.4 Å². The van der Waals surface area contributed by atoms with Gasteiger partial charge in [-0.05, 0) is 29.8 Å². The maximum absolute atomic E-state index is 12.7. The fourth-order valence-corrected chi connectivity index (χ4v) is 3.22. The maximum Gasteiger partial charge on any atom is 0.267 e. The van der Waals surface area contributed by atoms with E-state index < -0.39 is 6.10 Å². The second-order valence-electron chi connectivity index (χ2n) is 6.32. The van der Waals surface area contributed by atoms with Crippen molar-refractivity contribution >= 4 is 5.91 Å². The number of rotatable bonds is 3. The minimum atomic E-state index is -0.554. The third kappa shape index (κ3) is 3.58. The highest BCUT2D eigenvalue weighted by atomic mass is 16.6. The lowest BCUT2D eigenvalue weighted by molar-refractivity contribution is -0.143. The number of hydrogen-bond donors (Lipinski definition) is 0. The van der Waals surface area contributed by atoms with E-state index in [1.807, 2.05) is 53.7 Å². The number of piperazine rings is 1. The summed E-state index contributed by atoms with van der Waals surface area (Å²) in [5, 5.41) is 0. The van der Waals surface area contributed by atoms with Gasteiger partial charge in [0.1, 0.15) is 6.61 Å². The minimum Gasteiger partial charge on any atom is -0.485 e. The molecule has 6 heteroatoms. The van der Waals surface area contributed by atoms with E-state index in [1.165, 1.54) is 5.56 Å². The van der Waals surface area contributed by atoms with Crippen molar-refractivity contribution in [2.75, 3.05) is 32.8 Å². The van der Waals surface area contributed by atoms with Gasteiger partial charge in [0, 0.05) is 45.1 Å². The first-order chi connectivity index (χ1) is 12.3. The molecule has 2 aliphatic heterocycles. The second kappa shape index (κ2) is 7.11. The third-order valence-corrected chi connectivity index (χ3v) is 4.62. The Balaban J connectivity index is 1.31. The average Bonchev–Trinajstić information content (AvgIpc) is 2.68. The predicted octanol–water partition coefficient (Wildman–Crippen LogP) is 1.57. The molecule has 0 radical (unpaired) electrons. The third-order valence-electron chi connectivity index (χ3n) is 4.62. The molecule has 0 aliphatic carbocycles. The first kappa shape index (κ1) is 15.9. The van der Waals surface area contributed by atoms with Crippen molar-refractivity contribution in [1.29, 1.82) is 0 Å². The highest BCUT2D eigenvalue weighted by molar-refractivity contribution is 5.82. The van der Waals surface area contributed by atoms with Gasteiger partial charge in [0.05, 0.1) is 0 Å². The first-order valence-corrected chi connectivity index (χ1v) is 8.58. The Hall–Kier alpha value is -2.60. The van der Waals surface area contributed by atoms with Crippen LogP contribution in [-0.4, -0.2) is 59.6 Å². The zero-order valence-electron chi connectivity index (χ0n) is 14.0. The molecule has 0 spiro atoms. The topological polar surface area (TPSA) is 54.9 Å². The Morgan fingerprint density at radius 1 is 1.04 bits per heavy atom. The van der Waals surface area contributed by atoms with Crippen LogP contribution in [0.1, 0.15) is 5.56 Å². The van der Waals surface area contributed by atoms with E-state index in [0.717, 1.165) is 19.6 Å². The molecule has 0 N–H and O–H groups in total. The zero-order valence-corrected chi connectivity index (χ0v) is 14.0. The molecule has 6 nitrogen and oxygen atoms in total. The smallest absolute Gasteiger partial charge is 0.267 e. The molecule has 1 aromatic heterocycles. The molecule has 2 aromatic rings. The van der Waals surface area contributed by atoms with E-state index in [2.05, 4.69) is 9.88 Å². The normalized spacial score (nSPS) is 20.3. The summed E-state index contributed by atoms with van der Waals surface area (Å²) >= 11 is 0. The molecule has 0 saturated carbocycles. The molecule has 1 fully saturated rings. The summed E-state index contributed by atoms with van der Waals surface area (Å²) in [4.78, 5) is 21.0.